The van der Waals surface area contributed by atoms with Crippen LogP contribution in [0.25, 0.3) is 10.3 Å². The SMILES string of the molecule is CCN(CC)c1nc2[nH]c(=O)cc(C(F)(F)F)c2s1. The van der Waals surface area contributed by atoms with Crippen molar-refractivity contribution >= 4 is 26.8 Å². The van der Waals surface area contributed by atoms with Crippen molar-refractivity contribution in [3.8, 4) is 0 Å². The largest absolute Gasteiger partial charge is 0.418 e. The van der Waals surface area contributed by atoms with Crippen LogP contribution in [0.4, 0.5) is 18.3 Å². The van der Waals surface area contributed by atoms with Gasteiger partial charge in [-0.3, -0.25) is 4.79 Å². The second-order valence-corrected chi connectivity index (χ2v) is 4.87. The lowest BCUT2D eigenvalue weighted by atomic mass is 10.2. The second-order valence-electron chi connectivity index (χ2n) is 3.89. The minimum absolute atomic E-state index is 0.00766. The van der Waals surface area contributed by atoms with Gasteiger partial charge >= 0.3 is 6.18 Å². The lowest BCUT2D eigenvalue weighted by Crippen LogP contribution is -2.21. The molecule has 0 bridgehead atoms. The standard InChI is InChI=1S/C11H12F3N3OS/c1-3-17(4-2)10-16-9-8(19-10)6(11(12,13)14)5-7(18)15-9/h5H,3-4H2,1-2H3,(H,15,18). The molecule has 0 saturated heterocycles. The highest BCUT2D eigenvalue weighted by atomic mass is 32.1. The first-order valence-corrected chi connectivity index (χ1v) is 6.54. The second kappa shape index (κ2) is 4.84. The molecule has 0 aromatic carbocycles. The molecule has 0 spiro atoms. The number of fused-ring (bicyclic) bond motifs is 1. The summed E-state index contributed by atoms with van der Waals surface area (Å²) < 4.78 is 38.6. The Morgan fingerprint density at radius 2 is 2.00 bits per heavy atom. The number of pyridine rings is 1. The smallest absolute Gasteiger partial charge is 0.349 e. The fourth-order valence-electron chi connectivity index (χ4n) is 1.77. The molecule has 0 radical (unpaired) electrons. The summed E-state index contributed by atoms with van der Waals surface area (Å²) in [5, 5.41) is 0.479. The third kappa shape index (κ3) is 2.58. The Hall–Kier alpha value is -1.57. The van der Waals surface area contributed by atoms with Crippen LogP contribution in [0, 0.1) is 0 Å². The number of nitrogens with zero attached hydrogens (tertiary/aromatic N) is 2. The van der Waals surface area contributed by atoms with Crippen molar-refractivity contribution < 1.29 is 13.2 Å². The Morgan fingerprint density at radius 1 is 1.37 bits per heavy atom. The minimum Gasteiger partial charge on any atom is -0.349 e. The zero-order valence-corrected chi connectivity index (χ0v) is 11.2. The molecule has 8 heteroatoms. The highest BCUT2D eigenvalue weighted by molar-refractivity contribution is 7.22. The topological polar surface area (TPSA) is 49.0 Å². The van der Waals surface area contributed by atoms with E-state index in [4.69, 9.17) is 0 Å². The van der Waals surface area contributed by atoms with Gasteiger partial charge < -0.3 is 9.88 Å². The maximum atomic E-state index is 12.9. The molecule has 4 nitrogen and oxygen atoms in total. The Bertz CT molecular complexity index is 643. The molecule has 2 aromatic heterocycles. The molecule has 0 amide bonds. The molecule has 2 rings (SSSR count). The Kier molecular flexibility index (Phi) is 3.53. The summed E-state index contributed by atoms with van der Waals surface area (Å²) in [6, 6.07) is 0.576. The summed E-state index contributed by atoms with van der Waals surface area (Å²) in [4.78, 5) is 19.5. The predicted molar refractivity (Wildman–Crippen MR) is 68.8 cm³/mol. The van der Waals surface area contributed by atoms with Crippen LogP contribution in [-0.4, -0.2) is 23.1 Å². The molecule has 0 aliphatic carbocycles. The van der Waals surface area contributed by atoms with Gasteiger partial charge in [0.1, 0.15) is 0 Å². The van der Waals surface area contributed by atoms with E-state index in [1.165, 1.54) is 0 Å². The third-order valence-corrected chi connectivity index (χ3v) is 3.87. The molecule has 0 fully saturated rings. The van der Waals surface area contributed by atoms with Crippen LogP contribution in [0.3, 0.4) is 0 Å². The first-order valence-electron chi connectivity index (χ1n) is 5.72. The van der Waals surface area contributed by atoms with Gasteiger partial charge in [-0.05, 0) is 13.8 Å². The first kappa shape index (κ1) is 13.9. The van der Waals surface area contributed by atoms with Gasteiger partial charge in [-0.2, -0.15) is 13.2 Å². The van der Waals surface area contributed by atoms with E-state index >= 15 is 0 Å². The van der Waals surface area contributed by atoms with Crippen molar-refractivity contribution in [2.24, 2.45) is 0 Å². The van der Waals surface area contributed by atoms with Crippen LogP contribution >= 0.6 is 11.3 Å². The average molecular weight is 291 g/mol. The van der Waals surface area contributed by atoms with E-state index in [0.717, 1.165) is 11.3 Å². The van der Waals surface area contributed by atoms with Gasteiger partial charge in [-0.1, -0.05) is 11.3 Å². The molecule has 0 unspecified atom stereocenters. The van der Waals surface area contributed by atoms with Gasteiger partial charge in [-0.15, -0.1) is 0 Å². The average Bonchev–Trinajstić information content (AvgIpc) is 2.71. The number of anilines is 1. The quantitative estimate of drug-likeness (QED) is 0.946. The highest BCUT2D eigenvalue weighted by Crippen LogP contribution is 2.37. The number of thiazole rings is 1. The van der Waals surface area contributed by atoms with Gasteiger partial charge in [0.15, 0.2) is 10.8 Å². The van der Waals surface area contributed by atoms with Gasteiger partial charge in [0.25, 0.3) is 0 Å². The number of alkyl halides is 3. The fourth-order valence-corrected chi connectivity index (χ4v) is 2.95. The van der Waals surface area contributed by atoms with E-state index in [9.17, 15) is 18.0 Å². The molecular formula is C11H12F3N3OS. The van der Waals surface area contributed by atoms with E-state index in [-0.39, 0.29) is 10.3 Å². The van der Waals surface area contributed by atoms with Gasteiger partial charge in [0.05, 0.1) is 10.3 Å². The predicted octanol–water partition coefficient (Wildman–Crippen LogP) is 2.85. The van der Waals surface area contributed by atoms with Crippen LogP contribution in [0.1, 0.15) is 19.4 Å². The molecule has 1 N–H and O–H groups in total. The van der Waals surface area contributed by atoms with Crippen LogP contribution in [-0.2, 0) is 6.18 Å². The first-order chi connectivity index (χ1) is 8.86. The molecule has 0 saturated carbocycles. The summed E-state index contributed by atoms with van der Waals surface area (Å²) in [5.74, 6) is 0. The Morgan fingerprint density at radius 3 is 2.53 bits per heavy atom. The maximum absolute atomic E-state index is 12.9. The number of nitrogens with one attached hydrogen (secondary N) is 1. The van der Waals surface area contributed by atoms with Gasteiger partial charge in [0, 0.05) is 19.2 Å². The van der Waals surface area contributed by atoms with Crippen LogP contribution in [0.5, 0.6) is 0 Å². The minimum atomic E-state index is -4.56. The van der Waals surface area contributed by atoms with E-state index in [0.29, 0.717) is 24.3 Å². The van der Waals surface area contributed by atoms with Crippen LogP contribution in [0.2, 0.25) is 0 Å². The van der Waals surface area contributed by atoms with E-state index in [1.807, 2.05) is 18.7 Å². The summed E-state index contributed by atoms with van der Waals surface area (Å²) in [7, 11) is 0. The zero-order chi connectivity index (χ0) is 14.2. The molecule has 104 valence electrons. The van der Waals surface area contributed by atoms with Crippen molar-refractivity contribution in [3.05, 3.63) is 22.0 Å². The molecule has 0 atom stereocenters. The van der Waals surface area contributed by atoms with Crippen molar-refractivity contribution in [1.29, 1.82) is 0 Å². The zero-order valence-electron chi connectivity index (χ0n) is 10.3. The summed E-state index contributed by atoms with van der Waals surface area (Å²) >= 11 is 0.941. The number of halogens is 3. The van der Waals surface area contributed by atoms with Crippen molar-refractivity contribution in [3.63, 3.8) is 0 Å². The monoisotopic (exact) mass is 291 g/mol. The molecule has 19 heavy (non-hydrogen) atoms. The van der Waals surface area contributed by atoms with Crippen molar-refractivity contribution in [2.75, 3.05) is 18.0 Å². The number of aromatic nitrogens is 2. The summed E-state index contributed by atoms with van der Waals surface area (Å²) in [5.41, 5.74) is -1.73. The number of rotatable bonds is 3. The van der Waals surface area contributed by atoms with Crippen LogP contribution < -0.4 is 10.5 Å². The fraction of sp³-hybridized carbons (Fsp3) is 0.455. The molecule has 0 aliphatic heterocycles. The Labute approximate surface area is 110 Å². The Balaban J connectivity index is 2.68. The van der Waals surface area contributed by atoms with Crippen LogP contribution in [0.15, 0.2) is 10.9 Å². The van der Waals surface area contributed by atoms with Crippen molar-refractivity contribution in [1.82, 2.24) is 9.97 Å². The maximum Gasteiger partial charge on any atom is 0.418 e. The van der Waals surface area contributed by atoms with E-state index < -0.39 is 17.3 Å². The third-order valence-electron chi connectivity index (χ3n) is 2.72. The summed E-state index contributed by atoms with van der Waals surface area (Å²) in [6.45, 7) is 5.07. The molecule has 2 heterocycles. The number of hydrogen-bond acceptors (Lipinski definition) is 4. The van der Waals surface area contributed by atoms with Gasteiger partial charge in [0.2, 0.25) is 5.56 Å². The lowest BCUT2D eigenvalue weighted by Gasteiger charge is -2.16. The van der Waals surface area contributed by atoms with E-state index in [2.05, 4.69) is 9.97 Å². The molecule has 2 aromatic rings. The molecular weight excluding hydrogens is 279 g/mol. The van der Waals surface area contributed by atoms with E-state index in [1.54, 1.807) is 0 Å². The van der Waals surface area contributed by atoms with Gasteiger partial charge in [-0.25, -0.2) is 4.98 Å². The van der Waals surface area contributed by atoms with Crippen molar-refractivity contribution in [2.45, 2.75) is 20.0 Å². The normalized spacial score (nSPS) is 12.1. The number of hydrogen-bond donors (Lipinski definition) is 1. The lowest BCUT2D eigenvalue weighted by molar-refractivity contribution is -0.136. The molecule has 0 aliphatic rings. The highest BCUT2D eigenvalue weighted by Gasteiger charge is 2.34. The summed E-state index contributed by atoms with van der Waals surface area (Å²) in [6.07, 6.45) is -4.56. The number of H-pyrrole nitrogens is 1. The number of aromatic amines is 1.